The molecule has 1 saturated heterocycles. The van der Waals surface area contributed by atoms with Crippen LogP contribution in [0.3, 0.4) is 0 Å². The fourth-order valence-electron chi connectivity index (χ4n) is 5.16. The van der Waals surface area contributed by atoms with Crippen molar-refractivity contribution in [2.24, 2.45) is 0 Å². The van der Waals surface area contributed by atoms with E-state index in [1.807, 2.05) is 4.90 Å². The predicted octanol–water partition coefficient (Wildman–Crippen LogP) is 4.74. The third-order valence-electron chi connectivity index (χ3n) is 7.16. The number of benzene rings is 1. The lowest BCUT2D eigenvalue weighted by molar-refractivity contribution is 0.114. The van der Waals surface area contributed by atoms with Crippen molar-refractivity contribution in [2.45, 2.75) is 67.6 Å². The van der Waals surface area contributed by atoms with E-state index in [0.717, 1.165) is 43.6 Å². The van der Waals surface area contributed by atoms with E-state index in [1.165, 1.54) is 49.5 Å². The summed E-state index contributed by atoms with van der Waals surface area (Å²) in [6.45, 7) is 1.83. The number of halogens is 1. The Labute approximate surface area is 215 Å². The lowest BCUT2D eigenvalue weighted by atomic mass is 10.0. The first-order chi connectivity index (χ1) is 17.3. The fraction of sp³-hybridized carbons (Fsp3) is 0.560. The summed E-state index contributed by atoms with van der Waals surface area (Å²) in [5.41, 5.74) is 1.09. The van der Waals surface area contributed by atoms with Crippen molar-refractivity contribution in [1.82, 2.24) is 14.9 Å². The van der Waals surface area contributed by atoms with Gasteiger partial charge in [0.2, 0.25) is 5.88 Å². The molecule has 0 spiro atoms. The number of rotatable bonds is 5. The van der Waals surface area contributed by atoms with Gasteiger partial charge in [-0.15, -0.1) is 0 Å². The number of nitrogens with zero attached hydrogens (tertiary/aromatic N) is 4. The Balaban J connectivity index is 1.22. The molecule has 11 heteroatoms. The Morgan fingerprint density at radius 2 is 1.83 bits per heavy atom. The first-order valence-electron chi connectivity index (χ1n) is 12.5. The first kappa shape index (κ1) is 25.3. The molecular formula is C25H31FN4O4S2. The highest BCUT2D eigenvalue weighted by Gasteiger charge is 2.31. The molecule has 1 amide bonds. The molecule has 2 fully saturated rings. The van der Waals surface area contributed by atoms with Crippen LogP contribution in [0.4, 0.5) is 20.7 Å². The number of hydrogen-bond acceptors (Lipinski definition) is 8. The molecule has 1 aromatic heterocycles. The monoisotopic (exact) mass is 534 g/mol. The van der Waals surface area contributed by atoms with Crippen LogP contribution in [0.5, 0.6) is 5.88 Å². The van der Waals surface area contributed by atoms with E-state index in [0.29, 0.717) is 43.0 Å². The van der Waals surface area contributed by atoms with Crippen LogP contribution in [0, 0.1) is 5.82 Å². The molecule has 3 heterocycles. The predicted molar refractivity (Wildman–Crippen MR) is 137 cm³/mol. The van der Waals surface area contributed by atoms with Crippen molar-refractivity contribution in [3.63, 3.8) is 0 Å². The van der Waals surface area contributed by atoms with Gasteiger partial charge in [-0.1, -0.05) is 31.0 Å². The van der Waals surface area contributed by atoms with Gasteiger partial charge in [-0.3, -0.25) is 4.79 Å². The molecule has 2 aromatic rings. The SMILES string of the molecule is CS(=O)(=O)c1ccc(N2CCc3c(OC4CCN(C(=O)SC5CCCCC5)CC4)ncnc32)c(F)c1. The Kier molecular flexibility index (Phi) is 7.39. The van der Waals surface area contributed by atoms with E-state index in [9.17, 15) is 17.6 Å². The zero-order valence-electron chi connectivity index (χ0n) is 20.4. The summed E-state index contributed by atoms with van der Waals surface area (Å²) in [4.78, 5) is 25.1. The second kappa shape index (κ2) is 10.5. The lowest BCUT2D eigenvalue weighted by Crippen LogP contribution is -2.40. The van der Waals surface area contributed by atoms with Crippen LogP contribution in [0.25, 0.3) is 0 Å². The minimum Gasteiger partial charge on any atom is -0.474 e. The second-order valence-corrected chi connectivity index (χ2v) is 13.0. The van der Waals surface area contributed by atoms with Gasteiger partial charge in [-0.25, -0.2) is 22.8 Å². The van der Waals surface area contributed by atoms with E-state index in [1.54, 1.807) is 4.90 Å². The fourth-order valence-corrected chi connectivity index (χ4v) is 6.97. The Hall–Kier alpha value is -2.40. The summed E-state index contributed by atoms with van der Waals surface area (Å²) in [5.74, 6) is 0.453. The Morgan fingerprint density at radius 1 is 1.08 bits per heavy atom. The van der Waals surface area contributed by atoms with Gasteiger partial charge in [-0.2, -0.15) is 0 Å². The summed E-state index contributed by atoms with van der Waals surface area (Å²) in [6, 6.07) is 3.93. The molecule has 1 aromatic carbocycles. The summed E-state index contributed by atoms with van der Waals surface area (Å²) in [7, 11) is -3.50. The van der Waals surface area contributed by atoms with Gasteiger partial charge in [-0.05, 0) is 37.5 Å². The number of carbonyl (C=O) groups is 1. The molecule has 2 aliphatic heterocycles. The quantitative estimate of drug-likeness (QED) is 0.543. The van der Waals surface area contributed by atoms with Crippen LogP contribution in [-0.2, 0) is 16.3 Å². The van der Waals surface area contributed by atoms with E-state index in [4.69, 9.17) is 4.74 Å². The highest BCUT2D eigenvalue weighted by molar-refractivity contribution is 8.14. The molecule has 194 valence electrons. The third kappa shape index (κ3) is 5.46. The van der Waals surface area contributed by atoms with E-state index < -0.39 is 15.7 Å². The van der Waals surface area contributed by atoms with Crippen molar-refractivity contribution >= 4 is 38.3 Å². The van der Waals surface area contributed by atoms with Crippen LogP contribution in [0.2, 0.25) is 0 Å². The van der Waals surface area contributed by atoms with Crippen LogP contribution < -0.4 is 9.64 Å². The molecule has 0 radical (unpaired) electrons. The molecule has 0 atom stereocenters. The van der Waals surface area contributed by atoms with Gasteiger partial charge in [0.05, 0.1) is 16.1 Å². The minimum atomic E-state index is -3.50. The van der Waals surface area contributed by atoms with Crippen LogP contribution in [-0.4, -0.2) is 65.8 Å². The van der Waals surface area contributed by atoms with Gasteiger partial charge in [0.1, 0.15) is 24.1 Å². The zero-order valence-corrected chi connectivity index (χ0v) is 22.0. The van der Waals surface area contributed by atoms with Crippen LogP contribution in [0.1, 0.15) is 50.5 Å². The van der Waals surface area contributed by atoms with Crippen molar-refractivity contribution < 1.29 is 22.3 Å². The molecule has 3 aliphatic rings. The number of carbonyl (C=O) groups excluding carboxylic acids is 1. The number of aromatic nitrogens is 2. The second-order valence-electron chi connectivity index (χ2n) is 9.72. The number of sulfone groups is 1. The maximum Gasteiger partial charge on any atom is 0.281 e. The normalized spacial score (nSPS) is 19.4. The van der Waals surface area contributed by atoms with E-state index in [-0.39, 0.29) is 21.9 Å². The number of ether oxygens (including phenoxy) is 1. The van der Waals surface area contributed by atoms with Gasteiger partial charge in [0, 0.05) is 44.0 Å². The average Bonchev–Trinajstić information content (AvgIpc) is 3.29. The number of fused-ring (bicyclic) bond motifs is 1. The third-order valence-corrected chi connectivity index (χ3v) is 9.54. The largest absolute Gasteiger partial charge is 0.474 e. The van der Waals surface area contributed by atoms with Crippen molar-refractivity contribution in [3.8, 4) is 5.88 Å². The molecular weight excluding hydrogens is 503 g/mol. The number of anilines is 2. The van der Waals surface area contributed by atoms with Gasteiger partial charge in [0.15, 0.2) is 9.84 Å². The van der Waals surface area contributed by atoms with Gasteiger partial charge < -0.3 is 14.5 Å². The number of hydrogen-bond donors (Lipinski definition) is 0. The van der Waals surface area contributed by atoms with Crippen molar-refractivity contribution in [3.05, 3.63) is 35.9 Å². The molecule has 8 nitrogen and oxygen atoms in total. The number of piperidine rings is 1. The lowest BCUT2D eigenvalue weighted by Gasteiger charge is -2.33. The van der Waals surface area contributed by atoms with E-state index in [2.05, 4.69) is 9.97 Å². The highest BCUT2D eigenvalue weighted by Crippen LogP contribution is 2.39. The Bertz CT molecular complexity index is 1230. The molecule has 0 N–H and O–H groups in total. The number of amides is 1. The maximum atomic E-state index is 14.8. The molecule has 1 aliphatic carbocycles. The highest BCUT2D eigenvalue weighted by atomic mass is 32.2. The van der Waals surface area contributed by atoms with Crippen LogP contribution >= 0.6 is 11.8 Å². The van der Waals surface area contributed by atoms with Gasteiger partial charge >= 0.3 is 0 Å². The molecule has 1 saturated carbocycles. The topological polar surface area (TPSA) is 92.7 Å². The average molecular weight is 535 g/mol. The molecule has 0 unspecified atom stereocenters. The number of likely N-dealkylation sites (tertiary alicyclic amines) is 1. The minimum absolute atomic E-state index is 0.0486. The zero-order chi connectivity index (χ0) is 25.3. The smallest absolute Gasteiger partial charge is 0.281 e. The van der Waals surface area contributed by atoms with Gasteiger partial charge in [0.25, 0.3) is 5.24 Å². The summed E-state index contributed by atoms with van der Waals surface area (Å²) in [5, 5.41) is 0.641. The van der Waals surface area contributed by atoms with Crippen molar-refractivity contribution in [1.29, 1.82) is 0 Å². The van der Waals surface area contributed by atoms with Crippen molar-refractivity contribution in [2.75, 3.05) is 30.8 Å². The van der Waals surface area contributed by atoms with E-state index >= 15 is 0 Å². The number of thioether (sulfide) groups is 1. The maximum absolute atomic E-state index is 14.8. The summed E-state index contributed by atoms with van der Waals surface area (Å²) < 4.78 is 44.6. The molecule has 0 bridgehead atoms. The Morgan fingerprint density at radius 3 is 2.53 bits per heavy atom. The molecule has 5 rings (SSSR count). The summed E-state index contributed by atoms with van der Waals surface area (Å²) in [6.07, 6.45) is 10.5. The first-order valence-corrected chi connectivity index (χ1v) is 15.3. The standard InChI is InChI=1S/C25H31FN4O4S2/c1-36(32,33)19-7-8-22(21(26)15-19)30-14-11-20-23(30)27-16-28-24(20)34-17-9-12-29(13-10-17)25(31)35-18-5-3-2-4-6-18/h7-8,15-18H,2-6,9-14H2,1H3. The molecule has 36 heavy (non-hydrogen) atoms. The van der Waals surface area contributed by atoms with Crippen LogP contribution in [0.15, 0.2) is 29.4 Å². The summed E-state index contributed by atoms with van der Waals surface area (Å²) >= 11 is 1.51.